The summed E-state index contributed by atoms with van der Waals surface area (Å²) in [6.45, 7) is 0. The first-order valence-electron chi connectivity index (χ1n) is 5.00. The molecule has 1 aromatic carbocycles. The molecular weight excluding hydrogens is 221 g/mol. The molecule has 0 fully saturated rings. The Hall–Kier alpha value is -2.23. The average Bonchev–Trinajstić information content (AvgIpc) is 2.38. The second-order valence-electron chi connectivity index (χ2n) is 3.42. The van der Waals surface area contributed by atoms with Crippen molar-refractivity contribution >= 4 is 5.78 Å². The molecule has 86 valence electrons. The normalized spacial score (nSPS) is 10.0. The third-order valence-corrected chi connectivity index (χ3v) is 2.32. The summed E-state index contributed by atoms with van der Waals surface area (Å²) < 4.78 is 18.1. The van der Waals surface area contributed by atoms with Crippen molar-refractivity contribution in [3.63, 3.8) is 0 Å². The third-order valence-electron chi connectivity index (χ3n) is 2.32. The van der Waals surface area contributed by atoms with Crippen molar-refractivity contribution in [2.45, 2.75) is 0 Å². The van der Waals surface area contributed by atoms with Crippen molar-refractivity contribution in [2.24, 2.45) is 0 Å². The first-order valence-corrected chi connectivity index (χ1v) is 5.00. The molecule has 0 radical (unpaired) electrons. The monoisotopic (exact) mass is 231 g/mol. The fraction of sp³-hybridized carbons (Fsp3) is 0.0769. The molecule has 0 spiro atoms. The highest BCUT2D eigenvalue weighted by atomic mass is 19.1. The van der Waals surface area contributed by atoms with E-state index in [9.17, 15) is 9.18 Å². The molecule has 1 aromatic heterocycles. The van der Waals surface area contributed by atoms with Crippen LogP contribution in [0.3, 0.4) is 0 Å². The van der Waals surface area contributed by atoms with Crippen molar-refractivity contribution in [1.82, 2.24) is 4.98 Å². The van der Waals surface area contributed by atoms with Crippen LogP contribution in [0.2, 0.25) is 0 Å². The summed E-state index contributed by atoms with van der Waals surface area (Å²) in [6, 6.07) is 7.95. The molecule has 0 saturated carbocycles. The Balaban J connectivity index is 2.44. The van der Waals surface area contributed by atoms with E-state index in [0.717, 1.165) is 12.3 Å². The lowest BCUT2D eigenvalue weighted by Crippen LogP contribution is -2.04. The second kappa shape index (κ2) is 4.74. The number of ether oxygens (including phenoxy) is 1. The van der Waals surface area contributed by atoms with Crippen molar-refractivity contribution in [3.8, 4) is 5.75 Å². The molecule has 0 bridgehead atoms. The molecule has 0 unspecified atom stereocenters. The minimum absolute atomic E-state index is 0.203. The first kappa shape index (κ1) is 11.3. The third kappa shape index (κ3) is 2.30. The van der Waals surface area contributed by atoms with Crippen LogP contribution in [-0.4, -0.2) is 17.9 Å². The summed E-state index contributed by atoms with van der Waals surface area (Å²) in [5.74, 6) is -0.387. The van der Waals surface area contributed by atoms with Crippen LogP contribution in [0, 0.1) is 5.82 Å². The van der Waals surface area contributed by atoms with Crippen LogP contribution < -0.4 is 4.74 Å². The molecule has 3 nitrogen and oxygen atoms in total. The van der Waals surface area contributed by atoms with E-state index in [2.05, 4.69) is 4.98 Å². The maximum absolute atomic E-state index is 13.0. The summed E-state index contributed by atoms with van der Waals surface area (Å²) in [6.07, 6.45) is 2.39. The lowest BCUT2D eigenvalue weighted by molar-refractivity contribution is 0.103. The number of methoxy groups -OCH3 is 1. The van der Waals surface area contributed by atoms with Gasteiger partial charge in [-0.2, -0.15) is 0 Å². The Morgan fingerprint density at radius 1 is 1.29 bits per heavy atom. The van der Waals surface area contributed by atoms with Gasteiger partial charge in [0.05, 0.1) is 18.9 Å². The van der Waals surface area contributed by atoms with E-state index in [1.54, 1.807) is 24.3 Å². The van der Waals surface area contributed by atoms with Crippen LogP contribution in [0.25, 0.3) is 0 Å². The maximum Gasteiger partial charge on any atom is 0.198 e. The number of pyridine rings is 1. The number of aromatic nitrogens is 1. The zero-order valence-corrected chi connectivity index (χ0v) is 9.18. The highest BCUT2D eigenvalue weighted by Gasteiger charge is 2.14. The number of hydrogen-bond acceptors (Lipinski definition) is 3. The van der Waals surface area contributed by atoms with E-state index < -0.39 is 5.82 Å². The minimum Gasteiger partial charge on any atom is -0.496 e. The highest BCUT2D eigenvalue weighted by Crippen LogP contribution is 2.20. The topological polar surface area (TPSA) is 39.2 Å². The number of hydrogen-bond donors (Lipinski definition) is 0. The van der Waals surface area contributed by atoms with Crippen LogP contribution in [0.1, 0.15) is 15.9 Å². The molecule has 17 heavy (non-hydrogen) atoms. The van der Waals surface area contributed by atoms with Gasteiger partial charge in [-0.05, 0) is 18.2 Å². The zero-order valence-electron chi connectivity index (χ0n) is 9.18. The predicted molar refractivity (Wildman–Crippen MR) is 60.6 cm³/mol. The summed E-state index contributed by atoms with van der Waals surface area (Å²) in [7, 11) is 1.48. The Labute approximate surface area is 97.9 Å². The molecule has 0 N–H and O–H groups in total. The minimum atomic E-state index is -0.536. The van der Waals surface area contributed by atoms with Crippen LogP contribution in [0.4, 0.5) is 4.39 Å². The number of benzene rings is 1. The Morgan fingerprint density at radius 2 is 2.06 bits per heavy atom. The van der Waals surface area contributed by atoms with Gasteiger partial charge in [0.2, 0.25) is 0 Å². The largest absolute Gasteiger partial charge is 0.496 e. The second-order valence-corrected chi connectivity index (χ2v) is 3.42. The SMILES string of the molecule is COc1ccccc1C(=O)c1cncc(F)c1. The Bertz CT molecular complexity index is 555. The smallest absolute Gasteiger partial charge is 0.198 e. The molecule has 0 aliphatic carbocycles. The number of carbonyl (C=O) groups excluding carboxylic acids is 1. The molecular formula is C13H10FNO2. The summed E-state index contributed by atoms with van der Waals surface area (Å²) in [5.41, 5.74) is 0.594. The van der Waals surface area contributed by atoms with Gasteiger partial charge in [-0.25, -0.2) is 4.39 Å². The fourth-order valence-corrected chi connectivity index (χ4v) is 1.52. The maximum atomic E-state index is 13.0. The van der Waals surface area contributed by atoms with Crippen molar-refractivity contribution < 1.29 is 13.9 Å². The van der Waals surface area contributed by atoms with Gasteiger partial charge in [0.15, 0.2) is 5.78 Å². The van der Waals surface area contributed by atoms with E-state index in [1.807, 2.05) is 0 Å². The first-order chi connectivity index (χ1) is 8.22. The van der Waals surface area contributed by atoms with Crippen LogP contribution in [-0.2, 0) is 0 Å². The summed E-state index contributed by atoms with van der Waals surface area (Å²) in [5, 5.41) is 0. The van der Waals surface area contributed by atoms with Crippen molar-refractivity contribution in [3.05, 3.63) is 59.7 Å². The van der Waals surface area contributed by atoms with Gasteiger partial charge in [0.1, 0.15) is 11.6 Å². The Kier molecular flexibility index (Phi) is 3.14. The molecule has 0 saturated heterocycles. The van der Waals surface area contributed by atoms with E-state index in [0.29, 0.717) is 11.3 Å². The van der Waals surface area contributed by atoms with Gasteiger partial charge in [0.25, 0.3) is 0 Å². The summed E-state index contributed by atoms with van der Waals surface area (Å²) >= 11 is 0. The highest BCUT2D eigenvalue weighted by molar-refractivity contribution is 6.10. The van der Waals surface area contributed by atoms with Gasteiger partial charge >= 0.3 is 0 Å². The molecule has 0 aliphatic rings. The van der Waals surface area contributed by atoms with Gasteiger partial charge in [-0.15, -0.1) is 0 Å². The van der Waals surface area contributed by atoms with Crippen LogP contribution in [0.15, 0.2) is 42.7 Å². The van der Waals surface area contributed by atoms with Crippen molar-refractivity contribution in [2.75, 3.05) is 7.11 Å². The number of carbonyl (C=O) groups is 1. The Morgan fingerprint density at radius 3 is 2.76 bits per heavy atom. The number of para-hydroxylation sites is 1. The van der Waals surface area contributed by atoms with E-state index >= 15 is 0 Å². The van der Waals surface area contributed by atoms with E-state index in [1.165, 1.54) is 13.3 Å². The number of halogens is 1. The molecule has 2 aromatic rings. The quantitative estimate of drug-likeness (QED) is 0.762. The molecule has 1 heterocycles. The molecule has 2 rings (SSSR count). The van der Waals surface area contributed by atoms with E-state index in [-0.39, 0.29) is 11.3 Å². The molecule has 4 heteroatoms. The van der Waals surface area contributed by atoms with E-state index in [4.69, 9.17) is 4.74 Å². The lowest BCUT2D eigenvalue weighted by atomic mass is 10.0. The molecule has 0 amide bonds. The number of rotatable bonds is 3. The van der Waals surface area contributed by atoms with Crippen LogP contribution in [0.5, 0.6) is 5.75 Å². The average molecular weight is 231 g/mol. The zero-order chi connectivity index (χ0) is 12.3. The molecule has 0 atom stereocenters. The fourth-order valence-electron chi connectivity index (χ4n) is 1.52. The standard InChI is InChI=1S/C13H10FNO2/c1-17-12-5-3-2-4-11(12)13(16)9-6-10(14)8-15-7-9/h2-8H,1H3. The van der Waals surface area contributed by atoms with Gasteiger partial charge in [-0.3, -0.25) is 9.78 Å². The molecule has 0 aliphatic heterocycles. The predicted octanol–water partition coefficient (Wildman–Crippen LogP) is 2.46. The number of nitrogens with zero attached hydrogens (tertiary/aromatic N) is 1. The summed E-state index contributed by atoms with van der Waals surface area (Å²) in [4.78, 5) is 15.7. The van der Waals surface area contributed by atoms with Gasteiger partial charge < -0.3 is 4.74 Å². The van der Waals surface area contributed by atoms with Gasteiger partial charge in [0, 0.05) is 11.8 Å². The van der Waals surface area contributed by atoms with Crippen molar-refractivity contribution in [1.29, 1.82) is 0 Å². The van der Waals surface area contributed by atoms with Gasteiger partial charge in [-0.1, -0.05) is 12.1 Å². The lowest BCUT2D eigenvalue weighted by Gasteiger charge is -2.06. The van der Waals surface area contributed by atoms with Crippen LogP contribution >= 0.6 is 0 Å². The number of ketones is 1.